The average molecular weight is 234 g/mol. The molecular formula is C10H10N4O3. The predicted molar refractivity (Wildman–Crippen MR) is 58.4 cm³/mol. The number of carboxylic acids is 1. The van der Waals surface area contributed by atoms with Crippen molar-refractivity contribution in [2.24, 2.45) is 0 Å². The molecule has 0 aromatic carbocycles. The molecule has 0 radical (unpaired) electrons. The van der Waals surface area contributed by atoms with Gasteiger partial charge in [-0.25, -0.2) is 14.8 Å². The highest BCUT2D eigenvalue weighted by molar-refractivity contribution is 5.95. The Bertz CT molecular complexity index is 591. The van der Waals surface area contributed by atoms with Crippen LogP contribution in [0.5, 0.6) is 0 Å². The molecule has 0 saturated heterocycles. The maximum atomic E-state index is 11.2. The van der Waals surface area contributed by atoms with Gasteiger partial charge in [0.25, 0.3) is 0 Å². The summed E-state index contributed by atoms with van der Waals surface area (Å²) in [7, 11) is 0. The quantitative estimate of drug-likeness (QED) is 0.797. The van der Waals surface area contributed by atoms with Gasteiger partial charge in [-0.2, -0.15) is 0 Å². The van der Waals surface area contributed by atoms with Crippen molar-refractivity contribution in [3.8, 4) is 11.5 Å². The predicted octanol–water partition coefficient (Wildman–Crippen LogP) is 1.03. The van der Waals surface area contributed by atoms with E-state index in [-0.39, 0.29) is 28.7 Å². The standard InChI is InChI=1S/C10H10N4O3/c1-4-3-6(17-14-4)8-7(9(15)16)5(2)12-10(11)13-8/h3H,1-2H3,(H,15,16)(H2,11,12,13). The highest BCUT2D eigenvalue weighted by Crippen LogP contribution is 2.24. The van der Waals surface area contributed by atoms with Crippen molar-refractivity contribution in [3.05, 3.63) is 23.0 Å². The second-order valence-corrected chi connectivity index (χ2v) is 3.53. The SMILES string of the molecule is Cc1cc(-c2nc(N)nc(C)c2C(=O)O)on1. The number of carbonyl (C=O) groups is 1. The Morgan fingerprint density at radius 1 is 1.41 bits per heavy atom. The van der Waals surface area contributed by atoms with Gasteiger partial charge in [-0.05, 0) is 13.8 Å². The molecule has 0 aliphatic heterocycles. The normalized spacial score (nSPS) is 10.5. The molecule has 0 bridgehead atoms. The number of carboxylic acid groups (broad SMARTS) is 1. The van der Waals surface area contributed by atoms with Crippen molar-refractivity contribution in [1.29, 1.82) is 0 Å². The molecule has 2 aromatic rings. The molecule has 2 aromatic heterocycles. The van der Waals surface area contributed by atoms with Gasteiger partial charge >= 0.3 is 5.97 Å². The van der Waals surface area contributed by atoms with Crippen LogP contribution in [-0.4, -0.2) is 26.2 Å². The summed E-state index contributed by atoms with van der Waals surface area (Å²) in [6.45, 7) is 3.28. The summed E-state index contributed by atoms with van der Waals surface area (Å²) in [6, 6.07) is 1.59. The van der Waals surface area contributed by atoms with Crippen molar-refractivity contribution in [2.75, 3.05) is 5.73 Å². The van der Waals surface area contributed by atoms with E-state index in [1.165, 1.54) is 0 Å². The monoisotopic (exact) mass is 234 g/mol. The molecule has 7 nitrogen and oxygen atoms in total. The van der Waals surface area contributed by atoms with Gasteiger partial charge in [-0.3, -0.25) is 0 Å². The molecule has 3 N–H and O–H groups in total. The van der Waals surface area contributed by atoms with Crippen LogP contribution in [0.1, 0.15) is 21.7 Å². The Morgan fingerprint density at radius 3 is 2.65 bits per heavy atom. The van der Waals surface area contributed by atoms with Crippen LogP contribution in [-0.2, 0) is 0 Å². The highest BCUT2D eigenvalue weighted by atomic mass is 16.5. The second kappa shape index (κ2) is 3.85. The topological polar surface area (TPSA) is 115 Å². The fraction of sp³-hybridized carbons (Fsp3) is 0.200. The Balaban J connectivity index is 2.71. The van der Waals surface area contributed by atoms with Crippen molar-refractivity contribution < 1.29 is 14.4 Å². The van der Waals surface area contributed by atoms with E-state index in [4.69, 9.17) is 15.4 Å². The first-order valence-electron chi connectivity index (χ1n) is 4.80. The third-order valence-electron chi connectivity index (χ3n) is 2.18. The van der Waals surface area contributed by atoms with E-state index in [1.807, 2.05) is 0 Å². The minimum absolute atomic E-state index is 0.00319. The Morgan fingerprint density at radius 2 is 2.12 bits per heavy atom. The zero-order chi connectivity index (χ0) is 12.6. The van der Waals surface area contributed by atoms with E-state index < -0.39 is 5.97 Å². The van der Waals surface area contributed by atoms with Gasteiger partial charge in [0.2, 0.25) is 5.95 Å². The third kappa shape index (κ3) is 1.94. The number of rotatable bonds is 2. The molecule has 88 valence electrons. The molecule has 0 spiro atoms. The lowest BCUT2D eigenvalue weighted by Crippen LogP contribution is -2.09. The maximum Gasteiger partial charge on any atom is 0.339 e. The largest absolute Gasteiger partial charge is 0.478 e. The second-order valence-electron chi connectivity index (χ2n) is 3.53. The van der Waals surface area contributed by atoms with Crippen molar-refractivity contribution in [1.82, 2.24) is 15.1 Å². The average Bonchev–Trinajstić information content (AvgIpc) is 2.62. The van der Waals surface area contributed by atoms with Gasteiger partial charge in [0, 0.05) is 6.07 Å². The van der Waals surface area contributed by atoms with Crippen LogP contribution < -0.4 is 5.73 Å². The number of hydrogen-bond donors (Lipinski definition) is 2. The van der Waals surface area contributed by atoms with Crippen LogP contribution in [0.2, 0.25) is 0 Å². The van der Waals surface area contributed by atoms with Gasteiger partial charge in [-0.15, -0.1) is 0 Å². The minimum atomic E-state index is -1.13. The Kier molecular flexibility index (Phi) is 2.51. The molecule has 0 saturated carbocycles. The van der Waals surface area contributed by atoms with Gasteiger partial charge in [0.05, 0.1) is 11.4 Å². The van der Waals surface area contributed by atoms with Gasteiger partial charge in [-0.1, -0.05) is 5.16 Å². The number of aryl methyl sites for hydroxylation is 2. The maximum absolute atomic E-state index is 11.2. The number of anilines is 1. The highest BCUT2D eigenvalue weighted by Gasteiger charge is 2.21. The van der Waals surface area contributed by atoms with Crippen LogP contribution in [0.25, 0.3) is 11.5 Å². The summed E-state index contributed by atoms with van der Waals surface area (Å²) in [6.07, 6.45) is 0. The van der Waals surface area contributed by atoms with Crippen LogP contribution in [0.15, 0.2) is 10.6 Å². The van der Waals surface area contributed by atoms with Crippen molar-refractivity contribution in [2.45, 2.75) is 13.8 Å². The van der Waals surface area contributed by atoms with Crippen LogP contribution >= 0.6 is 0 Å². The lowest BCUT2D eigenvalue weighted by Gasteiger charge is -2.05. The minimum Gasteiger partial charge on any atom is -0.478 e. The summed E-state index contributed by atoms with van der Waals surface area (Å²) >= 11 is 0. The van der Waals surface area contributed by atoms with E-state index in [9.17, 15) is 4.79 Å². The number of nitrogens with zero attached hydrogens (tertiary/aromatic N) is 3. The van der Waals surface area contributed by atoms with E-state index in [1.54, 1.807) is 19.9 Å². The first-order valence-corrected chi connectivity index (χ1v) is 4.80. The number of aromatic nitrogens is 3. The molecule has 0 aliphatic carbocycles. The molecule has 7 heteroatoms. The summed E-state index contributed by atoms with van der Waals surface area (Å²) in [5.41, 5.74) is 6.52. The lowest BCUT2D eigenvalue weighted by molar-refractivity contribution is 0.0696. The smallest absolute Gasteiger partial charge is 0.339 e. The fourth-order valence-corrected chi connectivity index (χ4v) is 1.50. The van der Waals surface area contributed by atoms with E-state index in [2.05, 4.69) is 15.1 Å². The first kappa shape index (κ1) is 11.1. The molecule has 17 heavy (non-hydrogen) atoms. The van der Waals surface area contributed by atoms with Gasteiger partial charge < -0.3 is 15.4 Å². The van der Waals surface area contributed by atoms with E-state index in [0.29, 0.717) is 5.69 Å². The van der Waals surface area contributed by atoms with Gasteiger partial charge in [0.1, 0.15) is 11.3 Å². The molecule has 2 heterocycles. The molecule has 2 rings (SSSR count). The molecule has 0 atom stereocenters. The Labute approximate surface area is 96.3 Å². The fourth-order valence-electron chi connectivity index (χ4n) is 1.50. The summed E-state index contributed by atoms with van der Waals surface area (Å²) < 4.78 is 4.99. The summed E-state index contributed by atoms with van der Waals surface area (Å²) in [5.74, 6) is -0.875. The molecule has 0 unspecified atom stereocenters. The van der Waals surface area contributed by atoms with Crippen molar-refractivity contribution in [3.63, 3.8) is 0 Å². The Hall–Kier alpha value is -2.44. The number of aromatic carboxylic acids is 1. The molecule has 0 amide bonds. The van der Waals surface area contributed by atoms with Crippen LogP contribution in [0.3, 0.4) is 0 Å². The first-order chi connectivity index (χ1) is 7.99. The summed E-state index contributed by atoms with van der Waals surface area (Å²) in [4.78, 5) is 18.9. The van der Waals surface area contributed by atoms with Crippen molar-refractivity contribution >= 4 is 11.9 Å². The van der Waals surface area contributed by atoms with E-state index >= 15 is 0 Å². The zero-order valence-electron chi connectivity index (χ0n) is 9.26. The molecule has 0 aliphatic rings. The number of hydrogen-bond acceptors (Lipinski definition) is 6. The van der Waals surface area contributed by atoms with E-state index in [0.717, 1.165) is 0 Å². The third-order valence-corrected chi connectivity index (χ3v) is 2.18. The molecular weight excluding hydrogens is 224 g/mol. The van der Waals surface area contributed by atoms with Crippen LogP contribution in [0, 0.1) is 13.8 Å². The molecule has 0 fully saturated rings. The number of nitrogen functional groups attached to an aromatic ring is 1. The lowest BCUT2D eigenvalue weighted by atomic mass is 10.1. The zero-order valence-corrected chi connectivity index (χ0v) is 9.26. The van der Waals surface area contributed by atoms with Crippen LogP contribution in [0.4, 0.5) is 5.95 Å². The summed E-state index contributed by atoms with van der Waals surface area (Å²) in [5, 5.41) is 12.8. The number of nitrogens with two attached hydrogens (primary N) is 1. The van der Waals surface area contributed by atoms with Gasteiger partial charge in [0.15, 0.2) is 5.76 Å².